The third-order valence-electron chi connectivity index (χ3n) is 8.70. The molecule has 1 aliphatic heterocycles. The van der Waals surface area contributed by atoms with E-state index < -0.39 is 0 Å². The first-order valence-corrected chi connectivity index (χ1v) is 10.6. The number of likely N-dealkylation sites (N-methyl/N-ethyl adjacent to an activating group) is 1. The molecule has 5 rings (SSSR count). The number of imidazole rings is 1. The van der Waals surface area contributed by atoms with Gasteiger partial charge >= 0.3 is 0 Å². The first kappa shape index (κ1) is 17.3. The van der Waals surface area contributed by atoms with Crippen molar-refractivity contribution < 1.29 is 4.79 Å². The van der Waals surface area contributed by atoms with Gasteiger partial charge in [0.25, 0.3) is 0 Å². The molecule has 5 atom stereocenters. The van der Waals surface area contributed by atoms with Gasteiger partial charge in [-0.1, -0.05) is 25.5 Å². The zero-order valence-electron chi connectivity index (χ0n) is 16.8. The molecule has 1 aromatic heterocycles. The Kier molecular flexibility index (Phi) is 3.73. The lowest BCUT2D eigenvalue weighted by molar-refractivity contribution is -0.124. The highest BCUT2D eigenvalue weighted by Crippen LogP contribution is 2.65. The highest BCUT2D eigenvalue weighted by Gasteiger charge is 2.57. The Morgan fingerprint density at radius 1 is 1.15 bits per heavy atom. The Balaban J connectivity index is 1.48. The average molecular weight is 366 g/mol. The number of rotatable bonds is 1. The van der Waals surface area contributed by atoms with Gasteiger partial charge in [-0.05, 0) is 61.7 Å². The lowest BCUT2D eigenvalue weighted by Crippen LogP contribution is -2.49. The van der Waals surface area contributed by atoms with Crippen LogP contribution in [0.5, 0.6) is 0 Å². The van der Waals surface area contributed by atoms with E-state index in [0.717, 1.165) is 31.2 Å². The number of nitrogens with zero attached hydrogens (tertiary/aromatic N) is 3. The Hall–Kier alpha value is -1.84. The van der Waals surface area contributed by atoms with Gasteiger partial charge in [0.05, 0.1) is 6.33 Å². The second-order valence-corrected chi connectivity index (χ2v) is 9.76. The van der Waals surface area contributed by atoms with Gasteiger partial charge in [-0.3, -0.25) is 4.79 Å². The molecule has 0 saturated heterocycles. The van der Waals surface area contributed by atoms with Gasteiger partial charge in [-0.2, -0.15) is 0 Å². The summed E-state index contributed by atoms with van der Waals surface area (Å²) in [5.74, 6) is 2.41. The molecule has 0 spiro atoms. The highest BCUT2D eigenvalue weighted by atomic mass is 16.2. The van der Waals surface area contributed by atoms with Gasteiger partial charge in [0.15, 0.2) is 0 Å². The first-order valence-electron chi connectivity index (χ1n) is 10.6. The molecule has 144 valence electrons. The Labute approximate surface area is 162 Å². The van der Waals surface area contributed by atoms with Crippen LogP contribution in [0, 0.1) is 28.6 Å². The minimum atomic E-state index is 0.197. The van der Waals surface area contributed by atoms with Crippen molar-refractivity contribution in [1.29, 1.82) is 0 Å². The van der Waals surface area contributed by atoms with Crippen LogP contribution in [0.3, 0.4) is 0 Å². The van der Waals surface area contributed by atoms with Gasteiger partial charge in [-0.15, -0.1) is 0 Å². The van der Waals surface area contributed by atoms with Crippen molar-refractivity contribution in [2.45, 2.75) is 52.4 Å². The second-order valence-electron chi connectivity index (χ2n) is 9.76. The summed E-state index contributed by atoms with van der Waals surface area (Å²) in [7, 11) is 1.95. The van der Waals surface area contributed by atoms with Crippen LogP contribution in [0.2, 0.25) is 0 Å². The molecule has 2 saturated carbocycles. The number of fused-ring (bicyclic) bond motifs is 5. The molecule has 0 N–H and O–H groups in total. The minimum absolute atomic E-state index is 0.197. The number of aromatic nitrogens is 2. The van der Waals surface area contributed by atoms with Gasteiger partial charge in [0, 0.05) is 43.2 Å². The van der Waals surface area contributed by atoms with E-state index in [1.54, 1.807) is 0 Å². The molecular weight excluding hydrogens is 334 g/mol. The molecule has 0 bridgehead atoms. The van der Waals surface area contributed by atoms with Crippen molar-refractivity contribution in [2.24, 2.45) is 28.6 Å². The molecule has 1 amide bonds. The summed E-state index contributed by atoms with van der Waals surface area (Å²) in [5, 5.41) is 0. The summed E-state index contributed by atoms with van der Waals surface area (Å²) in [6.07, 6.45) is 17.6. The van der Waals surface area contributed by atoms with Crippen LogP contribution in [0.1, 0.15) is 52.4 Å². The fraction of sp³-hybridized carbons (Fsp3) is 0.652. The molecule has 0 unspecified atom stereocenters. The molecule has 2 heterocycles. The maximum atomic E-state index is 12.4. The van der Waals surface area contributed by atoms with E-state index in [1.165, 1.54) is 37.0 Å². The average Bonchev–Trinajstić information content (AvgIpc) is 3.26. The van der Waals surface area contributed by atoms with E-state index in [2.05, 4.69) is 35.7 Å². The van der Waals surface area contributed by atoms with Crippen molar-refractivity contribution in [3.63, 3.8) is 0 Å². The first-order chi connectivity index (χ1) is 12.9. The topological polar surface area (TPSA) is 38.1 Å². The number of amides is 1. The number of hydrogen-bond acceptors (Lipinski definition) is 2. The summed E-state index contributed by atoms with van der Waals surface area (Å²) in [4.78, 5) is 18.6. The molecule has 2 fully saturated rings. The van der Waals surface area contributed by atoms with Gasteiger partial charge < -0.3 is 9.47 Å². The standard InChI is InChI=1S/C23H31N3O/c1-22-10-12-25(3)21(27)14-16(22)4-5-17-18-6-7-20(26-13-11-24-15-26)23(18,2)9-8-19(17)22/h7,11,13-15,17-19H,4-6,8-10,12H2,1-3H3/t17-,18-,19-,22-,23-/m0/s1. The predicted molar refractivity (Wildman–Crippen MR) is 107 cm³/mol. The van der Waals surface area contributed by atoms with Crippen LogP contribution in [0.4, 0.5) is 0 Å². The molecular formula is C23H31N3O. The zero-order valence-corrected chi connectivity index (χ0v) is 16.8. The lowest BCUT2D eigenvalue weighted by atomic mass is 9.48. The molecule has 27 heavy (non-hydrogen) atoms. The summed E-state index contributed by atoms with van der Waals surface area (Å²) < 4.78 is 2.25. The Morgan fingerprint density at radius 3 is 2.78 bits per heavy atom. The fourth-order valence-corrected chi connectivity index (χ4v) is 7.03. The maximum Gasteiger partial charge on any atom is 0.246 e. The maximum absolute atomic E-state index is 12.4. The number of hydrogen-bond donors (Lipinski definition) is 0. The molecule has 4 heteroatoms. The molecule has 0 aromatic carbocycles. The molecule has 3 aliphatic carbocycles. The number of carbonyl (C=O) groups excluding carboxylic acids is 1. The normalized spacial score (nSPS) is 41.2. The summed E-state index contributed by atoms with van der Waals surface area (Å²) >= 11 is 0. The van der Waals surface area contributed by atoms with Gasteiger partial charge in [-0.25, -0.2) is 4.98 Å². The third-order valence-corrected chi connectivity index (χ3v) is 8.70. The second kappa shape index (κ2) is 5.83. The predicted octanol–water partition coefficient (Wildman–Crippen LogP) is 4.37. The number of allylic oxidation sites excluding steroid dienone is 3. The van der Waals surface area contributed by atoms with Crippen molar-refractivity contribution in [1.82, 2.24) is 14.5 Å². The van der Waals surface area contributed by atoms with Crippen molar-refractivity contribution in [3.8, 4) is 0 Å². The quantitative estimate of drug-likeness (QED) is 0.741. The largest absolute Gasteiger partial charge is 0.342 e. The SMILES string of the molecule is CN1CC[C@@]2(C)C(=CC1=O)CC[C@@H]1[C@@H]2CC[C@]2(C)C(n3ccnc3)=CC[C@@H]12. The Bertz CT molecular complexity index is 823. The highest BCUT2D eigenvalue weighted by molar-refractivity contribution is 5.88. The van der Waals surface area contributed by atoms with Crippen LogP contribution >= 0.6 is 0 Å². The van der Waals surface area contributed by atoms with E-state index in [9.17, 15) is 4.79 Å². The number of carbonyl (C=O) groups is 1. The minimum Gasteiger partial charge on any atom is -0.342 e. The van der Waals surface area contributed by atoms with E-state index in [4.69, 9.17) is 0 Å². The van der Waals surface area contributed by atoms with E-state index in [-0.39, 0.29) is 16.7 Å². The monoisotopic (exact) mass is 365 g/mol. The van der Waals surface area contributed by atoms with Crippen molar-refractivity contribution >= 4 is 11.6 Å². The Morgan fingerprint density at radius 2 is 2.00 bits per heavy atom. The summed E-state index contributed by atoms with van der Waals surface area (Å²) in [5.41, 5.74) is 3.35. The van der Waals surface area contributed by atoms with Gasteiger partial charge in [0.1, 0.15) is 0 Å². The van der Waals surface area contributed by atoms with Gasteiger partial charge in [0.2, 0.25) is 5.91 Å². The van der Waals surface area contributed by atoms with Crippen LogP contribution in [-0.4, -0.2) is 34.0 Å². The van der Waals surface area contributed by atoms with Crippen LogP contribution in [0.15, 0.2) is 36.4 Å². The van der Waals surface area contributed by atoms with Crippen molar-refractivity contribution in [2.75, 3.05) is 13.6 Å². The molecule has 1 aromatic rings. The fourth-order valence-electron chi connectivity index (χ4n) is 7.03. The van der Waals surface area contributed by atoms with E-state index in [1.807, 2.05) is 30.5 Å². The molecule has 4 aliphatic rings. The van der Waals surface area contributed by atoms with Crippen molar-refractivity contribution in [3.05, 3.63) is 36.4 Å². The van der Waals surface area contributed by atoms with Crippen LogP contribution in [-0.2, 0) is 4.79 Å². The zero-order chi connectivity index (χ0) is 18.8. The van der Waals surface area contributed by atoms with E-state index in [0.29, 0.717) is 5.92 Å². The lowest BCUT2D eigenvalue weighted by Gasteiger charge is -2.56. The summed E-state index contributed by atoms with van der Waals surface area (Å²) in [6.45, 7) is 5.84. The summed E-state index contributed by atoms with van der Waals surface area (Å²) in [6, 6.07) is 0. The molecule has 0 radical (unpaired) electrons. The van der Waals surface area contributed by atoms with E-state index >= 15 is 0 Å². The third kappa shape index (κ3) is 2.34. The van der Waals surface area contributed by atoms with Crippen LogP contribution in [0.25, 0.3) is 5.70 Å². The molecule has 4 nitrogen and oxygen atoms in total. The van der Waals surface area contributed by atoms with Crippen LogP contribution < -0.4 is 0 Å². The smallest absolute Gasteiger partial charge is 0.246 e.